The monoisotopic (exact) mass is 390 g/mol. The molecule has 1 N–H and O–H groups in total. The van der Waals surface area contributed by atoms with Gasteiger partial charge in [-0.25, -0.2) is 0 Å². The van der Waals surface area contributed by atoms with Crippen LogP contribution in [0.25, 0.3) is 10.8 Å². The predicted octanol–water partition coefficient (Wildman–Crippen LogP) is 5.24. The maximum absolute atomic E-state index is 13.4. The van der Waals surface area contributed by atoms with Crippen molar-refractivity contribution in [1.82, 2.24) is 9.88 Å². The van der Waals surface area contributed by atoms with Gasteiger partial charge in [0.2, 0.25) is 0 Å². The first-order valence-corrected chi connectivity index (χ1v) is 10.4. The lowest BCUT2D eigenvalue weighted by Gasteiger charge is -2.21. The van der Waals surface area contributed by atoms with Gasteiger partial charge in [0.1, 0.15) is 0 Å². The second-order valence-corrected chi connectivity index (χ2v) is 7.99. The first-order valence-electron chi connectivity index (χ1n) is 10.4. The smallest absolute Gasteiger partial charge is 0.258 e. The van der Waals surface area contributed by atoms with E-state index in [4.69, 9.17) is 0 Å². The van der Waals surface area contributed by atoms with Crippen molar-refractivity contribution >= 4 is 16.7 Å². The highest BCUT2D eigenvalue weighted by Crippen LogP contribution is 2.23. The molecule has 1 unspecified atom stereocenters. The fraction of sp³-hybridized carbons (Fsp3) is 0.360. The van der Waals surface area contributed by atoms with Crippen molar-refractivity contribution in [3.8, 4) is 0 Å². The second kappa shape index (κ2) is 9.08. The summed E-state index contributed by atoms with van der Waals surface area (Å²) in [5.41, 5.74) is 2.39. The Bertz CT molecular complexity index is 1050. The second-order valence-electron chi connectivity index (χ2n) is 7.99. The van der Waals surface area contributed by atoms with Crippen molar-refractivity contribution in [2.24, 2.45) is 5.92 Å². The fourth-order valence-electron chi connectivity index (χ4n) is 3.80. The van der Waals surface area contributed by atoms with E-state index < -0.39 is 0 Å². The summed E-state index contributed by atoms with van der Waals surface area (Å²) in [4.78, 5) is 26.5. The zero-order valence-electron chi connectivity index (χ0n) is 17.7. The van der Waals surface area contributed by atoms with Crippen LogP contribution in [0.5, 0.6) is 0 Å². The first-order chi connectivity index (χ1) is 13.9. The van der Waals surface area contributed by atoms with Crippen molar-refractivity contribution in [1.29, 1.82) is 0 Å². The third-order valence-electron chi connectivity index (χ3n) is 5.51. The molecular weight excluding hydrogens is 360 g/mol. The summed E-state index contributed by atoms with van der Waals surface area (Å²) in [6.07, 6.45) is 1.68. The molecule has 1 aromatic heterocycles. The molecule has 2 aromatic carbocycles. The van der Waals surface area contributed by atoms with E-state index in [1.807, 2.05) is 61.5 Å². The van der Waals surface area contributed by atoms with Gasteiger partial charge in [-0.2, -0.15) is 0 Å². The van der Waals surface area contributed by atoms with E-state index in [0.29, 0.717) is 23.4 Å². The average molecular weight is 391 g/mol. The van der Waals surface area contributed by atoms with E-state index in [2.05, 4.69) is 26.1 Å². The van der Waals surface area contributed by atoms with E-state index in [-0.39, 0.29) is 17.5 Å². The molecule has 0 aliphatic heterocycles. The largest absolute Gasteiger partial charge is 0.345 e. The highest BCUT2D eigenvalue weighted by Gasteiger charge is 2.21. The molecule has 1 amide bonds. The number of nitrogens with zero attached hydrogens (tertiary/aromatic N) is 1. The summed E-state index contributed by atoms with van der Waals surface area (Å²) in [6, 6.07) is 17.3. The number of aromatic nitrogens is 1. The van der Waals surface area contributed by atoms with Crippen LogP contribution in [0.2, 0.25) is 0 Å². The van der Waals surface area contributed by atoms with Crippen LogP contribution in [-0.4, -0.2) is 10.5 Å². The van der Waals surface area contributed by atoms with Gasteiger partial charge >= 0.3 is 0 Å². The highest BCUT2D eigenvalue weighted by atomic mass is 16.2. The molecule has 0 aliphatic rings. The van der Waals surface area contributed by atoms with Crippen molar-refractivity contribution in [2.45, 2.75) is 53.1 Å². The number of amides is 1. The van der Waals surface area contributed by atoms with Gasteiger partial charge in [0, 0.05) is 23.0 Å². The molecule has 0 saturated heterocycles. The summed E-state index contributed by atoms with van der Waals surface area (Å²) in [7, 11) is 0. The quantitative estimate of drug-likeness (QED) is 0.600. The SMILES string of the molecule is CCC(NC(=O)c1c(C)n(CCC(C)C)c(=O)c2ccccc12)c1ccccc1. The Labute approximate surface area is 172 Å². The fourth-order valence-corrected chi connectivity index (χ4v) is 3.80. The Hall–Kier alpha value is -2.88. The highest BCUT2D eigenvalue weighted by molar-refractivity contribution is 6.07. The van der Waals surface area contributed by atoms with Gasteiger partial charge in [-0.05, 0) is 37.3 Å². The van der Waals surface area contributed by atoms with Gasteiger partial charge < -0.3 is 9.88 Å². The van der Waals surface area contributed by atoms with Gasteiger partial charge in [0.15, 0.2) is 0 Å². The Morgan fingerprint density at radius 1 is 1.00 bits per heavy atom. The summed E-state index contributed by atoms with van der Waals surface area (Å²) >= 11 is 0. The molecule has 1 atom stereocenters. The molecule has 4 heteroatoms. The molecular formula is C25H30N2O2. The van der Waals surface area contributed by atoms with E-state index in [1.54, 1.807) is 4.57 Å². The minimum absolute atomic E-state index is 0.0228. The summed E-state index contributed by atoms with van der Waals surface area (Å²) < 4.78 is 1.76. The Morgan fingerprint density at radius 2 is 1.62 bits per heavy atom. The van der Waals surface area contributed by atoms with E-state index in [1.165, 1.54) is 0 Å². The number of hydrogen-bond donors (Lipinski definition) is 1. The number of carbonyl (C=O) groups is 1. The summed E-state index contributed by atoms with van der Waals surface area (Å²) in [5, 5.41) is 4.51. The molecule has 3 aromatic rings. The molecule has 0 spiro atoms. The predicted molar refractivity (Wildman–Crippen MR) is 119 cm³/mol. The molecule has 0 fully saturated rings. The number of nitrogens with one attached hydrogen (secondary N) is 1. The van der Waals surface area contributed by atoms with Gasteiger partial charge in [-0.15, -0.1) is 0 Å². The number of hydrogen-bond acceptors (Lipinski definition) is 2. The Balaban J connectivity index is 2.07. The molecule has 0 saturated carbocycles. The standard InChI is InChI=1S/C25H30N2O2/c1-5-22(19-11-7-6-8-12-19)26-24(28)23-18(4)27(16-15-17(2)3)25(29)21-14-10-9-13-20(21)23/h6-14,17,22H,5,15-16H2,1-4H3,(H,26,28). The van der Waals surface area contributed by atoms with Crippen molar-refractivity contribution < 1.29 is 4.79 Å². The normalized spacial score (nSPS) is 12.3. The topological polar surface area (TPSA) is 51.1 Å². The number of benzene rings is 2. The molecule has 3 rings (SSSR count). The molecule has 0 bridgehead atoms. The van der Waals surface area contributed by atoms with E-state index in [0.717, 1.165) is 29.5 Å². The maximum atomic E-state index is 13.4. The number of carbonyl (C=O) groups excluding carboxylic acids is 1. The van der Waals surface area contributed by atoms with Crippen LogP contribution in [-0.2, 0) is 6.54 Å². The zero-order chi connectivity index (χ0) is 21.0. The molecule has 1 heterocycles. The van der Waals surface area contributed by atoms with Gasteiger partial charge in [-0.3, -0.25) is 9.59 Å². The minimum Gasteiger partial charge on any atom is -0.345 e. The van der Waals surface area contributed by atoms with Gasteiger partial charge in [0.05, 0.1) is 11.6 Å². The number of rotatable bonds is 7. The van der Waals surface area contributed by atoms with Crippen LogP contribution >= 0.6 is 0 Å². The minimum atomic E-state index is -0.132. The molecule has 152 valence electrons. The van der Waals surface area contributed by atoms with Crippen LogP contribution < -0.4 is 10.9 Å². The number of fused-ring (bicyclic) bond motifs is 1. The molecule has 0 aliphatic carbocycles. The molecule has 0 radical (unpaired) electrons. The van der Waals surface area contributed by atoms with Crippen molar-refractivity contribution in [3.63, 3.8) is 0 Å². The first kappa shape index (κ1) is 20.8. The lowest BCUT2D eigenvalue weighted by Crippen LogP contribution is -2.32. The number of pyridine rings is 1. The lowest BCUT2D eigenvalue weighted by molar-refractivity contribution is 0.0935. The average Bonchev–Trinajstić information content (AvgIpc) is 2.72. The third-order valence-corrected chi connectivity index (χ3v) is 5.51. The van der Waals surface area contributed by atoms with Gasteiger partial charge in [0.25, 0.3) is 11.5 Å². The Kier molecular flexibility index (Phi) is 6.53. The van der Waals surface area contributed by atoms with Crippen LogP contribution in [0.4, 0.5) is 0 Å². The molecule has 4 nitrogen and oxygen atoms in total. The van der Waals surface area contributed by atoms with Gasteiger partial charge in [-0.1, -0.05) is 69.3 Å². The van der Waals surface area contributed by atoms with Crippen LogP contribution in [0.15, 0.2) is 59.4 Å². The maximum Gasteiger partial charge on any atom is 0.258 e. The summed E-state index contributed by atoms with van der Waals surface area (Å²) in [6.45, 7) is 8.84. The van der Waals surface area contributed by atoms with Crippen LogP contribution in [0.3, 0.4) is 0 Å². The lowest BCUT2D eigenvalue weighted by atomic mass is 10.0. The van der Waals surface area contributed by atoms with Crippen LogP contribution in [0, 0.1) is 12.8 Å². The Morgan fingerprint density at radius 3 is 2.24 bits per heavy atom. The van der Waals surface area contributed by atoms with E-state index in [9.17, 15) is 9.59 Å². The van der Waals surface area contributed by atoms with Crippen LogP contribution in [0.1, 0.15) is 61.3 Å². The van der Waals surface area contributed by atoms with Crippen molar-refractivity contribution in [2.75, 3.05) is 0 Å². The van der Waals surface area contributed by atoms with Crippen molar-refractivity contribution in [3.05, 3.63) is 81.8 Å². The third kappa shape index (κ3) is 4.42. The summed E-state index contributed by atoms with van der Waals surface area (Å²) in [5.74, 6) is 0.347. The molecule has 29 heavy (non-hydrogen) atoms. The van der Waals surface area contributed by atoms with E-state index >= 15 is 0 Å². The zero-order valence-corrected chi connectivity index (χ0v) is 17.7.